The second-order valence-corrected chi connectivity index (χ2v) is 1.70. The molecule has 0 aliphatic carbocycles. The lowest BCUT2D eigenvalue weighted by atomic mass is 10.4. The molecule has 0 fully saturated rings. The molecule has 0 aliphatic heterocycles. The van der Waals surface area contributed by atoms with Gasteiger partial charge in [0.1, 0.15) is 0 Å². The van der Waals surface area contributed by atoms with Gasteiger partial charge in [-0.3, -0.25) is 4.79 Å². The van der Waals surface area contributed by atoms with Gasteiger partial charge in [-0.05, 0) is 6.92 Å². The first-order valence-corrected chi connectivity index (χ1v) is 2.79. The zero-order chi connectivity index (χ0) is 7.28. The van der Waals surface area contributed by atoms with Crippen molar-refractivity contribution in [2.75, 3.05) is 13.6 Å². The Balaban J connectivity index is 3.95. The van der Waals surface area contributed by atoms with Crippen molar-refractivity contribution in [2.24, 2.45) is 5.73 Å². The van der Waals surface area contributed by atoms with Gasteiger partial charge in [-0.2, -0.15) is 0 Å². The molecule has 0 unspecified atom stereocenters. The number of carbonyl (C=O) groups is 1. The maximum absolute atomic E-state index is 10.1. The number of hydrogen-bond acceptors (Lipinski definition) is 2. The Morgan fingerprint density at radius 1 is 1.78 bits per heavy atom. The number of nitrogens with two attached hydrogens (primary N) is 1. The molecule has 52 valence electrons. The van der Waals surface area contributed by atoms with Crippen molar-refractivity contribution in [3.8, 4) is 0 Å². The van der Waals surface area contributed by atoms with E-state index in [1.807, 2.05) is 13.0 Å². The van der Waals surface area contributed by atoms with Crippen molar-refractivity contribution < 1.29 is 4.79 Å². The minimum Gasteiger partial charge on any atom is -0.325 e. The largest absolute Gasteiger partial charge is 0.325 e. The maximum Gasteiger partial charge on any atom is 0.213 e. The van der Waals surface area contributed by atoms with Gasteiger partial charge in [0.25, 0.3) is 0 Å². The summed E-state index contributed by atoms with van der Waals surface area (Å²) < 4.78 is 0. The van der Waals surface area contributed by atoms with Crippen LogP contribution in [0.1, 0.15) is 6.92 Å². The molecule has 0 spiro atoms. The van der Waals surface area contributed by atoms with Crippen molar-refractivity contribution in [1.82, 2.24) is 4.90 Å². The molecule has 0 saturated carbocycles. The highest BCUT2D eigenvalue weighted by atomic mass is 16.1. The van der Waals surface area contributed by atoms with Gasteiger partial charge < -0.3 is 10.6 Å². The first-order valence-electron chi connectivity index (χ1n) is 2.79. The molecule has 0 atom stereocenters. The molecular weight excluding hydrogens is 116 g/mol. The lowest BCUT2D eigenvalue weighted by Crippen LogP contribution is -2.21. The van der Waals surface area contributed by atoms with Crippen LogP contribution in [0.15, 0.2) is 11.8 Å². The molecule has 0 bridgehead atoms. The molecule has 0 radical (unpaired) electrons. The van der Waals surface area contributed by atoms with Crippen molar-refractivity contribution in [3.05, 3.63) is 11.8 Å². The van der Waals surface area contributed by atoms with Gasteiger partial charge in [-0.25, -0.2) is 0 Å². The summed E-state index contributed by atoms with van der Waals surface area (Å²) in [7, 11) is 1.68. The van der Waals surface area contributed by atoms with E-state index in [0.717, 1.165) is 12.1 Å². The third-order valence-electron chi connectivity index (χ3n) is 1.15. The summed E-state index contributed by atoms with van der Waals surface area (Å²) >= 11 is 0. The van der Waals surface area contributed by atoms with Crippen LogP contribution in [0.2, 0.25) is 0 Å². The van der Waals surface area contributed by atoms with Crippen LogP contribution >= 0.6 is 0 Å². The number of hydrogen-bond donors (Lipinski definition) is 1. The molecule has 0 saturated heterocycles. The van der Waals surface area contributed by atoms with Crippen LogP contribution < -0.4 is 5.73 Å². The van der Waals surface area contributed by atoms with Crippen LogP contribution in [0.4, 0.5) is 0 Å². The Morgan fingerprint density at radius 3 is 2.44 bits per heavy atom. The zero-order valence-electron chi connectivity index (χ0n) is 5.79. The van der Waals surface area contributed by atoms with Crippen molar-refractivity contribution in [1.29, 1.82) is 0 Å². The quantitative estimate of drug-likeness (QED) is 0.541. The summed E-state index contributed by atoms with van der Waals surface area (Å²) in [4.78, 5) is 11.6. The van der Waals surface area contributed by atoms with Gasteiger partial charge in [0, 0.05) is 19.3 Å². The normalized spacial score (nSPS) is 11.2. The van der Waals surface area contributed by atoms with E-state index in [4.69, 9.17) is 5.73 Å². The van der Waals surface area contributed by atoms with Gasteiger partial charge in [-0.1, -0.05) is 6.08 Å². The Bertz CT molecular complexity index is 120. The lowest BCUT2D eigenvalue weighted by Gasteiger charge is -2.11. The van der Waals surface area contributed by atoms with Gasteiger partial charge in [0.05, 0.1) is 0 Å². The Hall–Kier alpha value is -0.830. The number of carbonyl (C=O) groups excluding carboxylic acids is 1. The topological polar surface area (TPSA) is 46.3 Å². The van der Waals surface area contributed by atoms with E-state index in [-0.39, 0.29) is 0 Å². The van der Waals surface area contributed by atoms with Crippen LogP contribution in [0.3, 0.4) is 0 Å². The first-order chi connectivity index (χ1) is 4.26. The molecule has 3 heteroatoms. The first kappa shape index (κ1) is 8.17. The van der Waals surface area contributed by atoms with E-state index in [1.165, 1.54) is 4.90 Å². The minimum absolute atomic E-state index is 0.408. The molecule has 9 heavy (non-hydrogen) atoms. The maximum atomic E-state index is 10.1. The highest BCUT2D eigenvalue weighted by molar-refractivity contribution is 5.50. The predicted molar refractivity (Wildman–Crippen MR) is 36.6 cm³/mol. The van der Waals surface area contributed by atoms with Gasteiger partial charge in [0.2, 0.25) is 6.41 Å². The Morgan fingerprint density at radius 2 is 2.33 bits per heavy atom. The average molecular weight is 128 g/mol. The van der Waals surface area contributed by atoms with E-state index in [9.17, 15) is 4.79 Å². The number of amides is 1. The van der Waals surface area contributed by atoms with Crippen molar-refractivity contribution in [3.63, 3.8) is 0 Å². The summed E-state index contributed by atoms with van der Waals surface area (Å²) in [6.07, 6.45) is 2.55. The zero-order valence-corrected chi connectivity index (χ0v) is 5.79. The standard InChI is InChI=1S/C6H12N2O/c1-3-6(4-7)8(2)5-9/h3,5H,4,7H2,1-2H3/b6-3+. The Labute approximate surface area is 55.1 Å². The highest BCUT2D eigenvalue weighted by Gasteiger charge is 1.95. The van der Waals surface area contributed by atoms with E-state index < -0.39 is 0 Å². The molecule has 0 aromatic heterocycles. The second-order valence-electron chi connectivity index (χ2n) is 1.70. The molecule has 0 aromatic rings. The summed E-state index contributed by atoms with van der Waals surface area (Å²) in [6.45, 7) is 2.26. The SMILES string of the molecule is C/C=C(\CN)N(C)C=O. The molecule has 2 N–H and O–H groups in total. The van der Waals surface area contributed by atoms with Crippen LogP contribution in [0.5, 0.6) is 0 Å². The summed E-state index contributed by atoms with van der Waals surface area (Å²) in [5, 5.41) is 0. The number of rotatable bonds is 3. The second kappa shape index (κ2) is 4.09. The third kappa shape index (κ3) is 2.28. The fourth-order valence-corrected chi connectivity index (χ4v) is 0.533. The van der Waals surface area contributed by atoms with E-state index in [2.05, 4.69) is 0 Å². The van der Waals surface area contributed by atoms with Crippen LogP contribution in [0, 0.1) is 0 Å². The number of allylic oxidation sites excluding steroid dienone is 1. The van der Waals surface area contributed by atoms with Gasteiger partial charge >= 0.3 is 0 Å². The van der Waals surface area contributed by atoms with Crippen molar-refractivity contribution in [2.45, 2.75) is 6.92 Å². The fourth-order valence-electron chi connectivity index (χ4n) is 0.533. The lowest BCUT2D eigenvalue weighted by molar-refractivity contribution is -0.115. The molecular formula is C6H12N2O. The van der Waals surface area contributed by atoms with E-state index >= 15 is 0 Å². The molecule has 0 aliphatic rings. The van der Waals surface area contributed by atoms with E-state index in [0.29, 0.717) is 6.54 Å². The van der Waals surface area contributed by atoms with Gasteiger partial charge in [-0.15, -0.1) is 0 Å². The van der Waals surface area contributed by atoms with Crippen LogP contribution in [-0.4, -0.2) is 24.9 Å². The summed E-state index contributed by atoms with van der Waals surface area (Å²) in [6, 6.07) is 0. The molecule has 0 heterocycles. The van der Waals surface area contributed by atoms with Crippen LogP contribution in [0.25, 0.3) is 0 Å². The molecule has 0 aromatic carbocycles. The predicted octanol–water partition coefficient (Wildman–Crippen LogP) is -0.0629. The summed E-state index contributed by atoms with van der Waals surface area (Å²) in [5.74, 6) is 0. The Kier molecular flexibility index (Phi) is 3.71. The fraction of sp³-hybridized carbons (Fsp3) is 0.500. The highest BCUT2D eigenvalue weighted by Crippen LogP contribution is 1.93. The number of nitrogens with zero attached hydrogens (tertiary/aromatic N) is 1. The smallest absolute Gasteiger partial charge is 0.213 e. The summed E-state index contributed by atoms with van der Waals surface area (Å²) in [5.41, 5.74) is 6.13. The van der Waals surface area contributed by atoms with Crippen LogP contribution in [-0.2, 0) is 4.79 Å². The average Bonchev–Trinajstić information content (AvgIpc) is 1.90. The molecule has 3 nitrogen and oxygen atoms in total. The molecule has 0 rings (SSSR count). The van der Waals surface area contributed by atoms with Crippen molar-refractivity contribution >= 4 is 6.41 Å². The number of likely N-dealkylation sites (N-methyl/N-ethyl adjacent to an activating group) is 1. The monoisotopic (exact) mass is 128 g/mol. The molecule has 1 amide bonds. The minimum atomic E-state index is 0.408. The van der Waals surface area contributed by atoms with E-state index in [1.54, 1.807) is 7.05 Å². The third-order valence-corrected chi connectivity index (χ3v) is 1.15. The van der Waals surface area contributed by atoms with Gasteiger partial charge in [0.15, 0.2) is 0 Å².